The minimum absolute atomic E-state index is 0.0598. The molecule has 1 aromatic rings. The molecule has 1 rings (SSSR count). The van der Waals surface area contributed by atoms with E-state index in [2.05, 4.69) is 5.32 Å². The van der Waals surface area contributed by atoms with Crippen molar-refractivity contribution in [2.75, 3.05) is 6.54 Å². The highest BCUT2D eigenvalue weighted by Crippen LogP contribution is 2.26. The molecule has 0 aromatic heterocycles. The van der Waals surface area contributed by atoms with Gasteiger partial charge in [0.15, 0.2) is 0 Å². The zero-order chi connectivity index (χ0) is 18.0. The second kappa shape index (κ2) is 6.88. The highest BCUT2D eigenvalue weighted by molar-refractivity contribution is 7.86. The van der Waals surface area contributed by atoms with Gasteiger partial charge in [0.25, 0.3) is 10.1 Å². The number of aryl methyl sites for hydroxylation is 2. The summed E-state index contributed by atoms with van der Waals surface area (Å²) in [5.41, 5.74) is 2.15. The molecule has 0 unspecified atom stereocenters. The fourth-order valence-electron chi connectivity index (χ4n) is 2.59. The van der Waals surface area contributed by atoms with Crippen LogP contribution in [0.4, 0.5) is 4.79 Å². The van der Waals surface area contributed by atoms with E-state index in [1.54, 1.807) is 40.7 Å². The molecule has 23 heavy (non-hydrogen) atoms. The largest absolute Gasteiger partial charge is 0.444 e. The van der Waals surface area contributed by atoms with Crippen molar-refractivity contribution in [3.63, 3.8) is 0 Å². The van der Waals surface area contributed by atoms with Crippen LogP contribution in [-0.2, 0) is 21.3 Å². The van der Waals surface area contributed by atoms with E-state index in [0.717, 1.165) is 11.1 Å². The predicted molar refractivity (Wildman–Crippen MR) is 88.4 cm³/mol. The molecule has 0 aliphatic rings. The number of amides is 1. The first-order chi connectivity index (χ1) is 10.3. The van der Waals surface area contributed by atoms with Crippen LogP contribution in [0, 0.1) is 20.8 Å². The third kappa shape index (κ3) is 5.51. The van der Waals surface area contributed by atoms with Crippen LogP contribution in [0.25, 0.3) is 0 Å². The summed E-state index contributed by atoms with van der Waals surface area (Å²) in [4.78, 5) is 11.6. The molecule has 0 fully saturated rings. The van der Waals surface area contributed by atoms with Gasteiger partial charge in [-0.3, -0.25) is 4.55 Å². The summed E-state index contributed by atoms with van der Waals surface area (Å²) in [5, 5.41) is 2.64. The summed E-state index contributed by atoms with van der Waals surface area (Å²) in [5.74, 6) is 0. The molecular weight excluding hydrogens is 318 g/mol. The zero-order valence-corrected chi connectivity index (χ0v) is 15.3. The van der Waals surface area contributed by atoms with Gasteiger partial charge in [-0.1, -0.05) is 6.07 Å². The van der Waals surface area contributed by atoms with Crippen LogP contribution in [0.2, 0.25) is 0 Å². The molecule has 1 amide bonds. The van der Waals surface area contributed by atoms with Crippen LogP contribution in [0.5, 0.6) is 0 Å². The topological polar surface area (TPSA) is 92.7 Å². The van der Waals surface area contributed by atoms with E-state index in [0.29, 0.717) is 24.1 Å². The highest BCUT2D eigenvalue weighted by Gasteiger charge is 2.21. The summed E-state index contributed by atoms with van der Waals surface area (Å²) in [6, 6.07) is 1.72. The van der Waals surface area contributed by atoms with Crippen molar-refractivity contribution < 1.29 is 22.5 Å². The number of rotatable bonds is 4. The van der Waals surface area contributed by atoms with Gasteiger partial charge >= 0.3 is 6.09 Å². The molecular formula is C16H25NO5S. The molecule has 0 spiro atoms. The predicted octanol–water partition coefficient (Wildman–Crippen LogP) is 2.93. The monoisotopic (exact) mass is 343 g/mol. The van der Waals surface area contributed by atoms with Gasteiger partial charge in [0, 0.05) is 6.54 Å². The van der Waals surface area contributed by atoms with E-state index in [9.17, 15) is 17.8 Å². The summed E-state index contributed by atoms with van der Waals surface area (Å²) >= 11 is 0. The van der Waals surface area contributed by atoms with Gasteiger partial charge in [-0.05, 0) is 70.2 Å². The quantitative estimate of drug-likeness (QED) is 0.820. The molecule has 0 saturated heterocycles. The molecule has 6 nitrogen and oxygen atoms in total. The minimum Gasteiger partial charge on any atom is -0.444 e. The van der Waals surface area contributed by atoms with Crippen molar-refractivity contribution in [2.24, 2.45) is 0 Å². The van der Waals surface area contributed by atoms with E-state index >= 15 is 0 Å². The van der Waals surface area contributed by atoms with Crippen LogP contribution < -0.4 is 5.32 Å². The summed E-state index contributed by atoms with van der Waals surface area (Å²) in [7, 11) is -4.28. The van der Waals surface area contributed by atoms with Crippen LogP contribution in [-0.4, -0.2) is 31.2 Å². The van der Waals surface area contributed by atoms with Crippen molar-refractivity contribution in [2.45, 2.75) is 58.5 Å². The summed E-state index contributed by atoms with van der Waals surface area (Å²) in [6.45, 7) is 10.8. The zero-order valence-electron chi connectivity index (χ0n) is 14.5. The standard InChI is InChI=1S/C16H25NO5S/c1-10-9-11(2)14(23(19,20)21)12(3)13(10)7-8-17-15(18)22-16(4,5)6/h9H,7-8H2,1-6H3,(H,17,18)(H,19,20,21). The molecule has 0 aliphatic carbocycles. The Hall–Kier alpha value is -1.60. The second-order valence-electron chi connectivity index (χ2n) is 6.60. The fraction of sp³-hybridized carbons (Fsp3) is 0.562. The van der Waals surface area contributed by atoms with Crippen molar-refractivity contribution in [1.29, 1.82) is 0 Å². The number of benzene rings is 1. The third-order valence-corrected chi connectivity index (χ3v) is 4.51. The summed E-state index contributed by atoms with van der Waals surface area (Å²) < 4.78 is 37.6. The van der Waals surface area contributed by atoms with Gasteiger partial charge in [-0.15, -0.1) is 0 Å². The van der Waals surface area contributed by atoms with Crippen LogP contribution >= 0.6 is 0 Å². The maximum atomic E-state index is 11.6. The molecule has 130 valence electrons. The van der Waals surface area contributed by atoms with E-state index in [1.807, 2.05) is 6.92 Å². The highest BCUT2D eigenvalue weighted by atomic mass is 32.2. The lowest BCUT2D eigenvalue weighted by atomic mass is 9.97. The van der Waals surface area contributed by atoms with Gasteiger partial charge in [0.1, 0.15) is 5.60 Å². The van der Waals surface area contributed by atoms with Crippen molar-refractivity contribution in [1.82, 2.24) is 5.32 Å². The number of carbonyl (C=O) groups is 1. The lowest BCUT2D eigenvalue weighted by molar-refractivity contribution is 0.0528. The average molecular weight is 343 g/mol. The Balaban J connectivity index is 2.92. The molecule has 2 N–H and O–H groups in total. The fourth-order valence-corrected chi connectivity index (χ4v) is 3.57. The van der Waals surface area contributed by atoms with Crippen molar-refractivity contribution in [3.8, 4) is 0 Å². The van der Waals surface area contributed by atoms with E-state index in [1.165, 1.54) is 0 Å². The normalized spacial score (nSPS) is 12.1. The van der Waals surface area contributed by atoms with Crippen molar-refractivity contribution in [3.05, 3.63) is 28.3 Å². The third-order valence-electron chi connectivity index (χ3n) is 3.36. The van der Waals surface area contributed by atoms with Crippen LogP contribution in [0.3, 0.4) is 0 Å². The van der Waals surface area contributed by atoms with Gasteiger partial charge in [0.05, 0.1) is 4.90 Å². The Morgan fingerprint density at radius 1 is 1.22 bits per heavy atom. The maximum absolute atomic E-state index is 11.6. The van der Waals surface area contributed by atoms with E-state index in [-0.39, 0.29) is 4.90 Å². The number of nitrogens with one attached hydrogen (secondary N) is 1. The Bertz CT molecular complexity index is 702. The SMILES string of the molecule is Cc1cc(C)c(S(=O)(=O)O)c(C)c1CCNC(=O)OC(C)(C)C. The number of ether oxygens (including phenoxy) is 1. The van der Waals surface area contributed by atoms with E-state index < -0.39 is 21.8 Å². The Labute approximate surface area is 138 Å². The first kappa shape index (κ1) is 19.4. The molecule has 0 radical (unpaired) electrons. The second-order valence-corrected chi connectivity index (χ2v) is 7.96. The lowest BCUT2D eigenvalue weighted by Gasteiger charge is -2.20. The Morgan fingerprint density at radius 2 is 1.78 bits per heavy atom. The number of hydrogen-bond donors (Lipinski definition) is 2. The molecule has 1 aromatic carbocycles. The first-order valence-corrected chi connectivity index (χ1v) is 8.81. The molecule has 7 heteroatoms. The molecule has 0 atom stereocenters. The first-order valence-electron chi connectivity index (χ1n) is 7.37. The Kier molecular flexibility index (Phi) is 5.82. The molecule has 0 aliphatic heterocycles. The van der Waals surface area contributed by atoms with Crippen LogP contribution in [0.15, 0.2) is 11.0 Å². The molecule has 0 heterocycles. The van der Waals surface area contributed by atoms with Crippen molar-refractivity contribution >= 4 is 16.2 Å². The maximum Gasteiger partial charge on any atom is 0.407 e. The Morgan fingerprint density at radius 3 is 2.26 bits per heavy atom. The van der Waals surface area contributed by atoms with Gasteiger partial charge in [0.2, 0.25) is 0 Å². The molecule has 0 bridgehead atoms. The van der Waals surface area contributed by atoms with Gasteiger partial charge < -0.3 is 10.1 Å². The minimum atomic E-state index is -4.28. The van der Waals surface area contributed by atoms with Gasteiger partial charge in [-0.25, -0.2) is 4.79 Å². The molecule has 0 saturated carbocycles. The van der Waals surface area contributed by atoms with Gasteiger partial charge in [-0.2, -0.15) is 8.42 Å². The average Bonchev–Trinajstić information content (AvgIpc) is 2.28. The summed E-state index contributed by atoms with van der Waals surface area (Å²) in [6.07, 6.45) is -0.0744. The lowest BCUT2D eigenvalue weighted by Crippen LogP contribution is -2.33. The number of alkyl carbamates (subject to hydrolysis) is 1. The number of hydrogen-bond acceptors (Lipinski definition) is 4. The smallest absolute Gasteiger partial charge is 0.407 e. The number of carbonyl (C=O) groups excluding carboxylic acids is 1. The van der Waals surface area contributed by atoms with Crippen LogP contribution in [0.1, 0.15) is 43.0 Å². The van der Waals surface area contributed by atoms with E-state index in [4.69, 9.17) is 4.74 Å².